The Morgan fingerprint density at radius 3 is 2.61 bits per heavy atom. The maximum absolute atomic E-state index is 13.0. The number of nitro groups is 1. The van der Waals surface area contributed by atoms with E-state index in [0.29, 0.717) is 60.5 Å². The number of piperazine rings is 1. The number of hydrogen-bond acceptors (Lipinski definition) is 8. The minimum atomic E-state index is -0.493. The van der Waals surface area contributed by atoms with Crippen LogP contribution in [0.15, 0.2) is 71.9 Å². The highest BCUT2D eigenvalue weighted by Crippen LogP contribution is 2.30. The summed E-state index contributed by atoms with van der Waals surface area (Å²) in [5.41, 5.74) is 5.05. The molecule has 3 heterocycles. The number of carbonyl (C=O) groups is 2. The fraction of sp³-hybridized carbons (Fsp3) is 0.303. The van der Waals surface area contributed by atoms with Crippen molar-refractivity contribution in [3.05, 3.63) is 98.6 Å². The molecule has 1 atom stereocenters. The molecule has 0 N–H and O–H groups in total. The zero-order valence-electron chi connectivity index (χ0n) is 25.4. The lowest BCUT2D eigenvalue weighted by atomic mass is 10.1. The molecular formula is C33H32ClN7O4S. The Kier molecular flexibility index (Phi) is 9.18. The first-order valence-corrected chi connectivity index (χ1v) is 16.4. The SMILES string of the molecule is Cc1ccc2c(c1)c1nnc(SCCCC(=O)N3CCN(C(=O)c4ccc([N+](=O)[O-])cc4)C(C)C3)nc1n2Cc1cccc(Cl)c1. The van der Waals surface area contributed by atoms with E-state index in [9.17, 15) is 19.7 Å². The summed E-state index contributed by atoms with van der Waals surface area (Å²) in [5, 5.41) is 22.1. The molecule has 5 aromatic rings. The van der Waals surface area contributed by atoms with E-state index in [1.54, 1.807) is 9.80 Å². The van der Waals surface area contributed by atoms with Gasteiger partial charge in [0.1, 0.15) is 5.52 Å². The van der Waals surface area contributed by atoms with Crippen LogP contribution in [0, 0.1) is 17.0 Å². The van der Waals surface area contributed by atoms with Gasteiger partial charge in [-0.2, -0.15) is 0 Å². The first kappa shape index (κ1) is 31.4. The number of halogens is 1. The molecule has 0 spiro atoms. The van der Waals surface area contributed by atoms with Crippen molar-refractivity contribution in [2.24, 2.45) is 0 Å². The molecule has 1 unspecified atom stereocenters. The molecule has 0 aliphatic carbocycles. The summed E-state index contributed by atoms with van der Waals surface area (Å²) in [6.45, 7) is 5.83. The molecule has 0 saturated carbocycles. The average molecular weight is 658 g/mol. The number of hydrogen-bond donors (Lipinski definition) is 0. The molecule has 11 nitrogen and oxygen atoms in total. The van der Waals surface area contributed by atoms with Gasteiger partial charge < -0.3 is 14.4 Å². The number of rotatable bonds is 9. The summed E-state index contributed by atoms with van der Waals surface area (Å²) in [4.78, 5) is 44.9. The average Bonchev–Trinajstić information content (AvgIpc) is 3.34. The molecule has 1 aliphatic rings. The quantitative estimate of drug-likeness (QED) is 0.0800. The Bertz CT molecular complexity index is 1950. The Hall–Kier alpha value is -4.55. The third kappa shape index (κ3) is 6.68. The Balaban J connectivity index is 1.06. The first-order valence-electron chi connectivity index (χ1n) is 15.0. The van der Waals surface area contributed by atoms with Crippen LogP contribution in [0.4, 0.5) is 5.69 Å². The van der Waals surface area contributed by atoms with Gasteiger partial charge in [-0.15, -0.1) is 10.2 Å². The van der Waals surface area contributed by atoms with Crippen LogP contribution in [-0.4, -0.2) is 77.7 Å². The van der Waals surface area contributed by atoms with Crippen LogP contribution in [0.1, 0.15) is 41.3 Å². The van der Waals surface area contributed by atoms with Crippen LogP contribution in [0.3, 0.4) is 0 Å². The van der Waals surface area contributed by atoms with Gasteiger partial charge in [0.25, 0.3) is 11.6 Å². The summed E-state index contributed by atoms with van der Waals surface area (Å²) in [6, 6.07) is 19.5. The third-order valence-electron chi connectivity index (χ3n) is 8.16. The topological polar surface area (TPSA) is 127 Å². The van der Waals surface area contributed by atoms with E-state index in [-0.39, 0.29) is 23.5 Å². The number of nitrogens with zero attached hydrogens (tertiary/aromatic N) is 7. The fourth-order valence-corrected chi connectivity index (χ4v) is 6.75. The van der Waals surface area contributed by atoms with E-state index in [4.69, 9.17) is 16.6 Å². The molecule has 1 fully saturated rings. The van der Waals surface area contributed by atoms with Crippen molar-refractivity contribution < 1.29 is 14.5 Å². The van der Waals surface area contributed by atoms with Gasteiger partial charge in [0.05, 0.1) is 10.4 Å². The molecule has 0 radical (unpaired) electrons. The summed E-state index contributed by atoms with van der Waals surface area (Å²) in [7, 11) is 0. The molecule has 46 heavy (non-hydrogen) atoms. The summed E-state index contributed by atoms with van der Waals surface area (Å²) < 4.78 is 2.14. The third-order valence-corrected chi connectivity index (χ3v) is 9.32. The zero-order chi connectivity index (χ0) is 32.4. The van der Waals surface area contributed by atoms with Crippen molar-refractivity contribution >= 4 is 62.9 Å². The Labute approximate surface area is 274 Å². The first-order chi connectivity index (χ1) is 22.2. The smallest absolute Gasteiger partial charge is 0.269 e. The number of nitro benzene ring substituents is 1. The van der Waals surface area contributed by atoms with Gasteiger partial charge in [-0.3, -0.25) is 19.7 Å². The lowest BCUT2D eigenvalue weighted by Gasteiger charge is -2.40. The molecule has 1 saturated heterocycles. The van der Waals surface area contributed by atoms with Crippen molar-refractivity contribution in [1.29, 1.82) is 0 Å². The second kappa shape index (κ2) is 13.4. The Morgan fingerprint density at radius 1 is 1.07 bits per heavy atom. The summed E-state index contributed by atoms with van der Waals surface area (Å²) in [6.07, 6.45) is 1.02. The number of thioether (sulfide) groups is 1. The van der Waals surface area contributed by atoms with Gasteiger partial charge in [0.2, 0.25) is 11.1 Å². The van der Waals surface area contributed by atoms with Crippen molar-refractivity contribution in [1.82, 2.24) is 29.5 Å². The predicted octanol–water partition coefficient (Wildman–Crippen LogP) is 6.14. The minimum absolute atomic E-state index is 0.0430. The van der Waals surface area contributed by atoms with E-state index < -0.39 is 4.92 Å². The second-order valence-corrected chi connectivity index (χ2v) is 12.9. The number of amides is 2. The van der Waals surface area contributed by atoms with Gasteiger partial charge in [-0.25, -0.2) is 4.98 Å². The lowest BCUT2D eigenvalue weighted by Crippen LogP contribution is -2.55. The number of benzene rings is 3. The standard InChI is InChI=1S/C33H32ClN7O4S/c1-21-8-13-28-27(17-21)30-31(40(28)20-23-5-3-6-25(34)18-23)35-33(37-36-30)46-16-4-7-29(42)38-14-15-39(22(2)19-38)32(43)24-9-11-26(12-10-24)41(44)45/h3,5-6,8-13,17-18,22H,4,7,14-16,19-20H2,1-2H3. The van der Waals surface area contributed by atoms with Gasteiger partial charge in [-0.1, -0.05) is 47.1 Å². The van der Waals surface area contributed by atoms with Gasteiger partial charge in [-0.05, 0) is 62.2 Å². The number of aromatic nitrogens is 4. The van der Waals surface area contributed by atoms with Crippen LogP contribution in [0.5, 0.6) is 0 Å². The van der Waals surface area contributed by atoms with E-state index in [2.05, 4.69) is 33.0 Å². The maximum atomic E-state index is 13.0. The second-order valence-electron chi connectivity index (χ2n) is 11.4. The molecule has 3 aromatic carbocycles. The lowest BCUT2D eigenvalue weighted by molar-refractivity contribution is -0.384. The zero-order valence-corrected chi connectivity index (χ0v) is 27.0. The molecule has 0 bridgehead atoms. The summed E-state index contributed by atoms with van der Waals surface area (Å²) >= 11 is 7.74. The highest BCUT2D eigenvalue weighted by atomic mass is 35.5. The maximum Gasteiger partial charge on any atom is 0.269 e. The molecule has 13 heteroatoms. The normalized spacial score (nSPS) is 15.1. The molecule has 2 amide bonds. The van der Waals surface area contributed by atoms with Crippen LogP contribution < -0.4 is 0 Å². The van der Waals surface area contributed by atoms with Crippen molar-refractivity contribution in [2.45, 2.75) is 44.4 Å². The van der Waals surface area contributed by atoms with Crippen molar-refractivity contribution in [3.63, 3.8) is 0 Å². The fourth-order valence-electron chi connectivity index (χ4n) is 5.82. The number of fused-ring (bicyclic) bond motifs is 3. The van der Waals surface area contributed by atoms with Crippen molar-refractivity contribution in [2.75, 3.05) is 25.4 Å². The highest BCUT2D eigenvalue weighted by molar-refractivity contribution is 7.99. The van der Waals surface area contributed by atoms with E-state index in [0.717, 1.165) is 33.2 Å². The largest absolute Gasteiger partial charge is 0.339 e. The van der Waals surface area contributed by atoms with Crippen LogP contribution in [0.25, 0.3) is 22.1 Å². The number of aryl methyl sites for hydroxylation is 1. The van der Waals surface area contributed by atoms with E-state index >= 15 is 0 Å². The van der Waals surface area contributed by atoms with Crippen LogP contribution in [0.2, 0.25) is 5.02 Å². The van der Waals surface area contributed by atoms with Gasteiger partial charge in [0.15, 0.2) is 5.65 Å². The van der Waals surface area contributed by atoms with Crippen LogP contribution in [-0.2, 0) is 11.3 Å². The number of non-ortho nitro benzene ring substituents is 1. The van der Waals surface area contributed by atoms with Gasteiger partial charge >= 0.3 is 0 Å². The van der Waals surface area contributed by atoms with Crippen LogP contribution >= 0.6 is 23.4 Å². The molecule has 2 aromatic heterocycles. The molecule has 1 aliphatic heterocycles. The van der Waals surface area contributed by atoms with E-state index in [1.165, 1.54) is 36.0 Å². The monoisotopic (exact) mass is 657 g/mol. The Morgan fingerprint density at radius 2 is 1.87 bits per heavy atom. The van der Waals surface area contributed by atoms with E-state index in [1.807, 2.05) is 38.1 Å². The molecular weight excluding hydrogens is 626 g/mol. The molecule has 6 rings (SSSR count). The predicted molar refractivity (Wildman–Crippen MR) is 178 cm³/mol. The minimum Gasteiger partial charge on any atom is -0.339 e. The van der Waals surface area contributed by atoms with Crippen molar-refractivity contribution in [3.8, 4) is 0 Å². The van der Waals surface area contributed by atoms with Gasteiger partial charge in [0, 0.05) is 72.5 Å². The highest BCUT2D eigenvalue weighted by Gasteiger charge is 2.30. The number of carbonyl (C=O) groups excluding carboxylic acids is 2. The molecule has 236 valence electrons. The summed E-state index contributed by atoms with van der Waals surface area (Å²) in [5.74, 6) is 0.500.